The highest BCUT2D eigenvalue weighted by atomic mass is 14.9. The highest BCUT2D eigenvalue weighted by Gasteiger charge is 2.16. The number of rotatable bonds is 7. The molecule has 3 heteroatoms. The Balaban J connectivity index is 1.02. The van der Waals surface area contributed by atoms with Crippen LogP contribution >= 0.6 is 0 Å². The molecule has 0 aliphatic heterocycles. The Morgan fingerprint density at radius 2 is 1.06 bits per heavy atom. The first-order valence-electron chi connectivity index (χ1n) is 17.8. The predicted molar refractivity (Wildman–Crippen MR) is 215 cm³/mol. The number of hydrogen-bond donors (Lipinski definition) is 0. The van der Waals surface area contributed by atoms with Crippen molar-refractivity contribution in [3.05, 3.63) is 205 Å². The Bertz CT molecular complexity index is 2590. The molecule has 0 radical (unpaired) electrons. The van der Waals surface area contributed by atoms with Gasteiger partial charge in [-0.25, -0.2) is 9.97 Å². The molecule has 1 aliphatic rings. The average Bonchev–Trinajstić information content (AvgIpc) is 3.24. The van der Waals surface area contributed by atoms with Crippen molar-refractivity contribution in [2.45, 2.75) is 12.3 Å². The van der Waals surface area contributed by atoms with Crippen molar-refractivity contribution in [2.24, 2.45) is 0 Å². The van der Waals surface area contributed by atoms with E-state index < -0.39 is 0 Å². The summed E-state index contributed by atoms with van der Waals surface area (Å²) >= 11 is 0. The van der Waals surface area contributed by atoms with Gasteiger partial charge in [0.15, 0.2) is 5.82 Å². The van der Waals surface area contributed by atoms with Crippen molar-refractivity contribution in [2.75, 3.05) is 0 Å². The van der Waals surface area contributed by atoms with E-state index in [4.69, 9.17) is 15.0 Å². The predicted octanol–water partition coefficient (Wildman–Crippen LogP) is 12.5. The Morgan fingerprint density at radius 1 is 0.462 bits per heavy atom. The Kier molecular flexibility index (Phi) is 8.36. The summed E-state index contributed by atoms with van der Waals surface area (Å²) in [6.45, 7) is 0. The van der Waals surface area contributed by atoms with Crippen LogP contribution in [-0.2, 0) is 0 Å². The summed E-state index contributed by atoms with van der Waals surface area (Å²) in [5, 5.41) is 0.980. The quantitative estimate of drug-likeness (QED) is 0.170. The summed E-state index contributed by atoms with van der Waals surface area (Å²) < 4.78 is 0. The Morgan fingerprint density at radius 3 is 1.77 bits per heavy atom. The van der Waals surface area contributed by atoms with Gasteiger partial charge in [0.1, 0.15) is 5.69 Å². The molecule has 1 unspecified atom stereocenters. The number of hydrogen-bond acceptors (Lipinski definition) is 3. The van der Waals surface area contributed by atoms with Crippen molar-refractivity contribution < 1.29 is 0 Å². The lowest BCUT2D eigenvalue weighted by molar-refractivity contribution is 0.867. The van der Waals surface area contributed by atoms with Crippen LogP contribution in [0.5, 0.6) is 0 Å². The summed E-state index contributed by atoms with van der Waals surface area (Å²) in [6.07, 6.45) is 9.69. The van der Waals surface area contributed by atoms with Gasteiger partial charge in [-0.3, -0.25) is 4.98 Å². The van der Waals surface area contributed by atoms with Gasteiger partial charge in [-0.1, -0.05) is 158 Å². The molecule has 0 saturated heterocycles. The molecule has 0 bridgehead atoms. The second kappa shape index (κ2) is 13.9. The fraction of sp³-hybridized carbons (Fsp3) is 0.0408. The summed E-state index contributed by atoms with van der Waals surface area (Å²) in [5.74, 6) is 1.07. The number of benzene rings is 6. The van der Waals surface area contributed by atoms with E-state index in [1.165, 1.54) is 27.8 Å². The second-order valence-corrected chi connectivity index (χ2v) is 13.3. The van der Waals surface area contributed by atoms with E-state index in [2.05, 4.69) is 152 Å². The first-order valence-corrected chi connectivity index (χ1v) is 17.8. The molecule has 1 atom stereocenters. The number of pyridine rings is 1. The Hall–Kier alpha value is -6.71. The van der Waals surface area contributed by atoms with Crippen LogP contribution < -0.4 is 0 Å². The zero-order valence-electron chi connectivity index (χ0n) is 28.6. The van der Waals surface area contributed by atoms with E-state index in [1.54, 1.807) is 0 Å². The van der Waals surface area contributed by atoms with Crippen LogP contribution in [0.15, 0.2) is 194 Å². The molecule has 8 aromatic rings. The second-order valence-electron chi connectivity index (χ2n) is 13.3. The van der Waals surface area contributed by atoms with E-state index in [1.807, 2.05) is 42.6 Å². The lowest BCUT2D eigenvalue weighted by atomic mass is 9.85. The molecule has 2 heterocycles. The number of allylic oxidation sites excluding steroid dienone is 4. The van der Waals surface area contributed by atoms with Crippen molar-refractivity contribution in [1.29, 1.82) is 0 Å². The van der Waals surface area contributed by atoms with E-state index >= 15 is 0 Å². The summed E-state index contributed by atoms with van der Waals surface area (Å²) in [7, 11) is 0. The number of aromatic nitrogens is 3. The number of fused-ring (bicyclic) bond motifs is 1. The SMILES string of the molecule is C1=CC(c2ccccc2)CC(c2cccc(-c3cccc(-c4cccc(-c5nc(-c6ccc(-c7ccccc7)cn6)c6ccccc6n5)c4)c3)c2)=C1. The van der Waals surface area contributed by atoms with Crippen LogP contribution in [0.25, 0.3) is 72.6 Å². The van der Waals surface area contributed by atoms with Crippen molar-refractivity contribution >= 4 is 16.5 Å². The van der Waals surface area contributed by atoms with Crippen LogP contribution in [0.4, 0.5) is 0 Å². The summed E-state index contributed by atoms with van der Waals surface area (Å²) in [5.41, 5.74) is 14.3. The van der Waals surface area contributed by atoms with E-state index in [0.29, 0.717) is 11.7 Å². The molecule has 6 aromatic carbocycles. The first kappa shape index (κ1) is 31.3. The van der Waals surface area contributed by atoms with E-state index in [0.717, 1.165) is 56.5 Å². The molecule has 52 heavy (non-hydrogen) atoms. The molecular weight excluding hydrogens is 631 g/mol. The van der Waals surface area contributed by atoms with E-state index in [9.17, 15) is 0 Å². The third-order valence-corrected chi connectivity index (χ3v) is 9.91. The molecule has 0 spiro atoms. The molecule has 9 rings (SSSR count). The van der Waals surface area contributed by atoms with Crippen molar-refractivity contribution in [3.8, 4) is 56.2 Å². The van der Waals surface area contributed by atoms with Gasteiger partial charge in [0.25, 0.3) is 0 Å². The third kappa shape index (κ3) is 6.36. The Labute approximate surface area is 304 Å². The van der Waals surface area contributed by atoms with Gasteiger partial charge in [-0.15, -0.1) is 0 Å². The molecule has 0 N–H and O–H groups in total. The van der Waals surface area contributed by atoms with Crippen LogP contribution in [0, 0.1) is 0 Å². The minimum absolute atomic E-state index is 0.388. The highest BCUT2D eigenvalue weighted by molar-refractivity contribution is 5.93. The smallest absolute Gasteiger partial charge is 0.160 e. The van der Waals surface area contributed by atoms with Gasteiger partial charge >= 0.3 is 0 Å². The fourth-order valence-corrected chi connectivity index (χ4v) is 7.17. The van der Waals surface area contributed by atoms with Gasteiger partial charge < -0.3 is 0 Å². The average molecular weight is 666 g/mol. The molecule has 0 amide bonds. The molecule has 2 aromatic heterocycles. The third-order valence-electron chi connectivity index (χ3n) is 9.91. The topological polar surface area (TPSA) is 38.7 Å². The lowest BCUT2D eigenvalue weighted by Crippen LogP contribution is -2.00. The molecule has 246 valence electrons. The summed E-state index contributed by atoms with van der Waals surface area (Å²) in [6, 6.07) is 59.7. The zero-order chi connectivity index (χ0) is 34.7. The molecule has 3 nitrogen and oxygen atoms in total. The van der Waals surface area contributed by atoms with Crippen LogP contribution in [0.3, 0.4) is 0 Å². The maximum atomic E-state index is 5.14. The highest BCUT2D eigenvalue weighted by Crippen LogP contribution is 2.36. The maximum absolute atomic E-state index is 5.14. The van der Waals surface area contributed by atoms with Crippen molar-refractivity contribution in [1.82, 2.24) is 15.0 Å². The standard InChI is InChI=1S/C49H35N3/c1-3-13-34(14-4-1)36-17-9-18-37(29-36)38-19-10-20-39(30-38)40-21-11-22-41(31-40)42-23-12-24-43(32-42)49-51-46-26-8-7-25-45(46)48(52-49)47-28-27-44(33-50-47)35-15-5-2-6-16-35/h1-28,30-33,36H,29H2. The van der Waals surface area contributed by atoms with Gasteiger partial charge in [0.2, 0.25) is 0 Å². The van der Waals surface area contributed by atoms with Crippen LogP contribution in [0.1, 0.15) is 23.5 Å². The molecular formula is C49H35N3. The minimum atomic E-state index is 0.388. The van der Waals surface area contributed by atoms with Gasteiger partial charge in [0, 0.05) is 28.6 Å². The maximum Gasteiger partial charge on any atom is 0.160 e. The normalized spacial score (nSPS) is 13.9. The van der Waals surface area contributed by atoms with Gasteiger partial charge in [-0.2, -0.15) is 0 Å². The lowest BCUT2D eigenvalue weighted by Gasteiger charge is -2.20. The monoisotopic (exact) mass is 665 g/mol. The number of para-hydroxylation sites is 1. The van der Waals surface area contributed by atoms with Crippen molar-refractivity contribution in [3.63, 3.8) is 0 Å². The number of nitrogens with zero attached hydrogens (tertiary/aromatic N) is 3. The van der Waals surface area contributed by atoms with Crippen LogP contribution in [-0.4, -0.2) is 15.0 Å². The van der Waals surface area contributed by atoms with Crippen LogP contribution in [0.2, 0.25) is 0 Å². The summed E-state index contributed by atoms with van der Waals surface area (Å²) in [4.78, 5) is 15.0. The largest absolute Gasteiger partial charge is 0.254 e. The van der Waals surface area contributed by atoms with Gasteiger partial charge in [0.05, 0.1) is 11.2 Å². The fourth-order valence-electron chi connectivity index (χ4n) is 7.17. The molecule has 0 fully saturated rings. The van der Waals surface area contributed by atoms with E-state index in [-0.39, 0.29) is 0 Å². The first-order chi connectivity index (χ1) is 25.7. The minimum Gasteiger partial charge on any atom is -0.254 e. The molecule has 0 saturated carbocycles. The van der Waals surface area contributed by atoms with Gasteiger partial charge in [-0.05, 0) is 81.3 Å². The zero-order valence-corrected chi connectivity index (χ0v) is 28.6. The molecule has 1 aliphatic carbocycles.